The third-order valence-corrected chi connectivity index (χ3v) is 6.13. The average Bonchev–Trinajstić information content (AvgIpc) is 3.55. The Morgan fingerprint density at radius 1 is 0.941 bits per heavy atom. The second-order valence-corrected chi connectivity index (χ2v) is 8.45. The first-order chi connectivity index (χ1) is 16.7. The summed E-state index contributed by atoms with van der Waals surface area (Å²) in [6, 6.07) is 19.4. The Hall–Kier alpha value is -3.87. The summed E-state index contributed by atoms with van der Waals surface area (Å²) in [5, 5.41) is 4.41. The highest BCUT2D eigenvalue weighted by Crippen LogP contribution is 2.34. The first-order valence-corrected chi connectivity index (χ1v) is 11.6. The lowest BCUT2D eigenvalue weighted by molar-refractivity contribution is 0.0713. The predicted molar refractivity (Wildman–Crippen MR) is 127 cm³/mol. The zero-order valence-corrected chi connectivity index (χ0v) is 18.8. The van der Waals surface area contributed by atoms with Crippen molar-refractivity contribution < 1.29 is 18.1 Å². The number of nitrogens with zero attached hydrogens (tertiary/aromatic N) is 3. The average molecular weight is 460 g/mol. The lowest BCUT2D eigenvalue weighted by Gasteiger charge is -2.28. The Balaban J connectivity index is 1.56. The van der Waals surface area contributed by atoms with Gasteiger partial charge in [-0.25, -0.2) is 4.39 Å². The van der Waals surface area contributed by atoms with Crippen molar-refractivity contribution in [1.29, 1.82) is 0 Å². The van der Waals surface area contributed by atoms with Crippen LogP contribution in [0.4, 0.5) is 10.3 Å². The van der Waals surface area contributed by atoms with Gasteiger partial charge in [0, 0.05) is 18.7 Å². The molecule has 3 heterocycles. The van der Waals surface area contributed by atoms with Gasteiger partial charge in [0.25, 0.3) is 5.91 Å². The molecule has 1 aliphatic rings. The minimum absolute atomic E-state index is 0.0197. The number of aromatic nitrogens is 1. The van der Waals surface area contributed by atoms with E-state index in [4.69, 9.17) is 8.94 Å². The standard InChI is InChI=1S/C27H26FN3O3/c28-24-14-6-5-13-22(24)26(32)31(18-21-12-9-17-33-21)19-23-25(20-10-3-1-4-11-20)29-34-27(23)30-15-7-2-8-16-30/h1,3-6,9-14,17H,2,7-8,15-16,18-19H2. The van der Waals surface area contributed by atoms with Crippen LogP contribution in [-0.4, -0.2) is 29.1 Å². The van der Waals surface area contributed by atoms with E-state index in [2.05, 4.69) is 10.1 Å². The van der Waals surface area contributed by atoms with Gasteiger partial charge in [0.2, 0.25) is 5.88 Å². The highest BCUT2D eigenvalue weighted by Gasteiger charge is 2.28. The summed E-state index contributed by atoms with van der Waals surface area (Å²) in [5.74, 6) is 0.312. The number of furan rings is 1. The van der Waals surface area contributed by atoms with Gasteiger partial charge in [0.05, 0.1) is 30.5 Å². The Bertz CT molecular complexity index is 1230. The predicted octanol–water partition coefficient (Wildman–Crippen LogP) is 5.91. The third-order valence-electron chi connectivity index (χ3n) is 6.13. The summed E-state index contributed by atoms with van der Waals surface area (Å²) >= 11 is 0. The van der Waals surface area contributed by atoms with Crippen molar-refractivity contribution in [2.24, 2.45) is 0 Å². The number of piperidine rings is 1. The Morgan fingerprint density at radius 3 is 2.44 bits per heavy atom. The largest absolute Gasteiger partial charge is 0.467 e. The number of anilines is 1. The van der Waals surface area contributed by atoms with Gasteiger partial charge in [-0.1, -0.05) is 47.6 Å². The number of amides is 1. The molecule has 1 saturated heterocycles. The van der Waals surface area contributed by atoms with Crippen LogP contribution in [0.15, 0.2) is 81.9 Å². The molecule has 0 unspecified atom stereocenters. The van der Waals surface area contributed by atoms with E-state index in [9.17, 15) is 9.18 Å². The molecule has 0 N–H and O–H groups in total. The maximum absolute atomic E-state index is 14.6. The molecule has 174 valence electrons. The fourth-order valence-electron chi connectivity index (χ4n) is 4.40. The lowest BCUT2D eigenvalue weighted by Crippen LogP contribution is -2.33. The highest BCUT2D eigenvalue weighted by atomic mass is 19.1. The molecular weight excluding hydrogens is 433 g/mol. The van der Waals surface area contributed by atoms with Crippen molar-refractivity contribution in [3.8, 4) is 11.3 Å². The van der Waals surface area contributed by atoms with Crippen molar-refractivity contribution in [3.05, 3.63) is 95.7 Å². The van der Waals surface area contributed by atoms with E-state index in [1.165, 1.54) is 18.6 Å². The van der Waals surface area contributed by atoms with Gasteiger partial charge in [-0.15, -0.1) is 0 Å². The third kappa shape index (κ3) is 4.59. The van der Waals surface area contributed by atoms with Gasteiger partial charge < -0.3 is 18.7 Å². The van der Waals surface area contributed by atoms with Crippen LogP contribution in [0.25, 0.3) is 11.3 Å². The van der Waals surface area contributed by atoms with Crippen LogP contribution in [0.3, 0.4) is 0 Å². The number of halogens is 1. The monoisotopic (exact) mass is 459 g/mol. The number of benzene rings is 2. The topological polar surface area (TPSA) is 62.7 Å². The fourth-order valence-corrected chi connectivity index (χ4v) is 4.40. The van der Waals surface area contributed by atoms with Gasteiger partial charge in [0.15, 0.2) is 0 Å². The van der Waals surface area contributed by atoms with Crippen molar-refractivity contribution in [3.63, 3.8) is 0 Å². The molecule has 0 radical (unpaired) electrons. The maximum Gasteiger partial charge on any atom is 0.257 e. The number of carbonyl (C=O) groups excluding carboxylic acids is 1. The molecule has 0 saturated carbocycles. The molecule has 4 aromatic rings. The molecule has 0 atom stereocenters. The lowest BCUT2D eigenvalue weighted by atomic mass is 10.0. The summed E-state index contributed by atoms with van der Waals surface area (Å²) in [6.07, 6.45) is 4.90. The van der Waals surface area contributed by atoms with Crippen molar-refractivity contribution in [2.45, 2.75) is 32.4 Å². The molecule has 0 bridgehead atoms. The van der Waals surface area contributed by atoms with Crippen LogP contribution in [0.2, 0.25) is 0 Å². The first-order valence-electron chi connectivity index (χ1n) is 11.6. The van der Waals surface area contributed by atoms with Gasteiger partial charge in [-0.2, -0.15) is 0 Å². The highest BCUT2D eigenvalue weighted by molar-refractivity contribution is 5.94. The molecule has 5 rings (SSSR count). The van der Waals surface area contributed by atoms with Crippen LogP contribution in [-0.2, 0) is 13.1 Å². The summed E-state index contributed by atoms with van der Waals surface area (Å²) in [4.78, 5) is 17.3. The van der Waals surface area contributed by atoms with E-state index in [1.54, 1.807) is 35.4 Å². The Kier molecular flexibility index (Phi) is 6.42. The van der Waals surface area contributed by atoms with E-state index in [1.807, 2.05) is 30.3 Å². The summed E-state index contributed by atoms with van der Waals surface area (Å²) in [7, 11) is 0. The zero-order valence-electron chi connectivity index (χ0n) is 18.8. The van der Waals surface area contributed by atoms with Crippen LogP contribution >= 0.6 is 0 Å². The second kappa shape index (κ2) is 9.95. The van der Waals surface area contributed by atoms with Crippen molar-refractivity contribution >= 4 is 11.8 Å². The first kappa shape index (κ1) is 21.9. The van der Waals surface area contributed by atoms with E-state index in [0.717, 1.165) is 37.1 Å². The molecule has 34 heavy (non-hydrogen) atoms. The Labute approximate surface area is 197 Å². The molecule has 0 spiro atoms. The van der Waals surface area contributed by atoms with Crippen LogP contribution in [0.1, 0.15) is 40.9 Å². The van der Waals surface area contributed by atoms with Crippen LogP contribution in [0.5, 0.6) is 0 Å². The van der Waals surface area contributed by atoms with Gasteiger partial charge >= 0.3 is 0 Å². The SMILES string of the molecule is O=C(c1ccccc1F)N(Cc1ccco1)Cc1c(-c2ccccc2)noc1N1CCCCC1. The van der Waals surface area contributed by atoms with E-state index >= 15 is 0 Å². The smallest absolute Gasteiger partial charge is 0.257 e. The van der Waals surface area contributed by atoms with E-state index < -0.39 is 11.7 Å². The molecule has 2 aromatic carbocycles. The van der Waals surface area contributed by atoms with Crippen molar-refractivity contribution in [1.82, 2.24) is 10.1 Å². The quantitative estimate of drug-likeness (QED) is 0.344. The molecule has 6 nitrogen and oxygen atoms in total. The molecule has 1 fully saturated rings. The minimum Gasteiger partial charge on any atom is -0.467 e. The summed E-state index contributed by atoms with van der Waals surface area (Å²) < 4.78 is 26.0. The number of hydrogen-bond donors (Lipinski definition) is 0. The molecule has 7 heteroatoms. The molecule has 2 aromatic heterocycles. The summed E-state index contributed by atoms with van der Waals surface area (Å²) in [6.45, 7) is 2.14. The van der Waals surface area contributed by atoms with E-state index in [-0.39, 0.29) is 18.7 Å². The second-order valence-electron chi connectivity index (χ2n) is 8.45. The molecule has 1 amide bonds. The van der Waals surface area contributed by atoms with Gasteiger partial charge in [0.1, 0.15) is 17.3 Å². The number of rotatable bonds is 7. The van der Waals surface area contributed by atoms with Crippen LogP contribution in [0, 0.1) is 5.82 Å². The number of hydrogen-bond acceptors (Lipinski definition) is 5. The zero-order chi connectivity index (χ0) is 23.3. The minimum atomic E-state index is -0.554. The van der Waals surface area contributed by atoms with E-state index in [0.29, 0.717) is 17.3 Å². The van der Waals surface area contributed by atoms with Gasteiger partial charge in [-0.3, -0.25) is 4.79 Å². The van der Waals surface area contributed by atoms with Crippen LogP contribution < -0.4 is 4.90 Å². The molecular formula is C27H26FN3O3. The Morgan fingerprint density at radius 2 is 1.71 bits per heavy atom. The van der Waals surface area contributed by atoms with Crippen molar-refractivity contribution in [2.75, 3.05) is 18.0 Å². The molecule has 1 aliphatic heterocycles. The maximum atomic E-state index is 14.6. The van der Waals surface area contributed by atoms with Gasteiger partial charge in [-0.05, 0) is 43.5 Å². The fraction of sp³-hybridized carbons (Fsp3) is 0.259. The normalized spacial score (nSPS) is 13.7. The molecule has 0 aliphatic carbocycles. The summed E-state index contributed by atoms with van der Waals surface area (Å²) in [5.41, 5.74) is 2.42. The number of carbonyl (C=O) groups is 1.